The highest BCUT2D eigenvalue weighted by atomic mass is 19.1. The molecule has 0 heterocycles. The largest absolute Gasteiger partial charge is 0.394 e. The van der Waals surface area contributed by atoms with Gasteiger partial charge in [-0.2, -0.15) is 0 Å². The summed E-state index contributed by atoms with van der Waals surface area (Å²) in [6.07, 6.45) is 1.44. The van der Waals surface area contributed by atoms with E-state index in [1.807, 2.05) is 30.3 Å². The predicted molar refractivity (Wildman–Crippen MR) is 94.6 cm³/mol. The van der Waals surface area contributed by atoms with E-state index in [4.69, 9.17) is 0 Å². The molecular formula is C20H21FN2O3. The number of nitrogens with one attached hydrogen (secondary N) is 2. The second-order valence-corrected chi connectivity index (χ2v) is 6.50. The van der Waals surface area contributed by atoms with E-state index in [1.54, 1.807) is 12.1 Å². The molecule has 1 fully saturated rings. The first-order chi connectivity index (χ1) is 12.5. The summed E-state index contributed by atoms with van der Waals surface area (Å²) in [4.78, 5) is 24.9. The summed E-state index contributed by atoms with van der Waals surface area (Å²) < 4.78 is 12.9. The Morgan fingerprint density at radius 1 is 1.08 bits per heavy atom. The fourth-order valence-corrected chi connectivity index (χ4v) is 2.93. The van der Waals surface area contributed by atoms with Crippen molar-refractivity contribution in [1.82, 2.24) is 10.6 Å². The third kappa shape index (κ3) is 3.91. The van der Waals surface area contributed by atoms with Crippen LogP contribution in [0, 0.1) is 5.82 Å². The van der Waals surface area contributed by atoms with Crippen LogP contribution >= 0.6 is 0 Å². The highest BCUT2D eigenvalue weighted by Gasteiger charge is 2.51. The Labute approximate surface area is 151 Å². The van der Waals surface area contributed by atoms with E-state index >= 15 is 0 Å². The van der Waals surface area contributed by atoms with Crippen molar-refractivity contribution < 1.29 is 19.1 Å². The molecule has 3 rings (SSSR count). The number of aliphatic hydroxyl groups is 1. The van der Waals surface area contributed by atoms with Crippen molar-refractivity contribution in [2.75, 3.05) is 6.61 Å². The number of benzene rings is 2. The van der Waals surface area contributed by atoms with Crippen LogP contribution in [0.25, 0.3) is 0 Å². The van der Waals surface area contributed by atoms with Crippen LogP contribution in [0.15, 0.2) is 54.6 Å². The molecule has 3 N–H and O–H groups in total. The summed E-state index contributed by atoms with van der Waals surface area (Å²) in [5, 5.41) is 14.8. The van der Waals surface area contributed by atoms with Gasteiger partial charge in [-0.3, -0.25) is 9.59 Å². The van der Waals surface area contributed by atoms with Gasteiger partial charge in [0.25, 0.3) is 0 Å². The van der Waals surface area contributed by atoms with Crippen molar-refractivity contribution in [3.05, 3.63) is 71.5 Å². The average Bonchev–Trinajstić information content (AvgIpc) is 3.48. The first-order valence-corrected chi connectivity index (χ1v) is 8.55. The minimum Gasteiger partial charge on any atom is -0.394 e. The van der Waals surface area contributed by atoms with Gasteiger partial charge in [0, 0.05) is 6.54 Å². The van der Waals surface area contributed by atoms with Crippen LogP contribution < -0.4 is 10.6 Å². The summed E-state index contributed by atoms with van der Waals surface area (Å²) in [7, 11) is 0. The summed E-state index contributed by atoms with van der Waals surface area (Å²) in [5.74, 6) is -1.08. The number of amides is 2. The van der Waals surface area contributed by atoms with Crippen molar-refractivity contribution in [3.63, 3.8) is 0 Å². The maximum atomic E-state index is 12.9. The van der Waals surface area contributed by atoms with Crippen LogP contribution in [0.5, 0.6) is 0 Å². The van der Waals surface area contributed by atoms with E-state index in [-0.39, 0.29) is 18.3 Å². The van der Waals surface area contributed by atoms with Crippen molar-refractivity contribution in [2.45, 2.75) is 30.8 Å². The molecule has 2 amide bonds. The smallest absolute Gasteiger partial charge is 0.245 e. The highest BCUT2D eigenvalue weighted by Crippen LogP contribution is 2.48. The molecule has 1 unspecified atom stereocenters. The van der Waals surface area contributed by atoms with Crippen LogP contribution in [-0.4, -0.2) is 29.6 Å². The summed E-state index contributed by atoms with van der Waals surface area (Å²) in [6, 6.07) is 14.2. The van der Waals surface area contributed by atoms with E-state index in [2.05, 4.69) is 10.6 Å². The molecule has 0 bridgehead atoms. The van der Waals surface area contributed by atoms with Gasteiger partial charge in [-0.25, -0.2) is 4.39 Å². The van der Waals surface area contributed by atoms with E-state index in [0.29, 0.717) is 0 Å². The molecule has 0 saturated heterocycles. The van der Waals surface area contributed by atoms with Gasteiger partial charge in [0.1, 0.15) is 11.9 Å². The van der Waals surface area contributed by atoms with Crippen molar-refractivity contribution in [2.24, 2.45) is 0 Å². The summed E-state index contributed by atoms with van der Waals surface area (Å²) >= 11 is 0. The van der Waals surface area contributed by atoms with Gasteiger partial charge in [-0.1, -0.05) is 42.5 Å². The molecule has 1 aliphatic rings. The Kier molecular flexibility index (Phi) is 5.32. The molecule has 2 aromatic rings. The number of rotatable bonds is 7. The molecule has 6 heteroatoms. The second kappa shape index (κ2) is 7.66. The van der Waals surface area contributed by atoms with Crippen LogP contribution in [0.1, 0.15) is 24.0 Å². The number of carbonyl (C=O) groups is 2. The van der Waals surface area contributed by atoms with Crippen LogP contribution in [0.3, 0.4) is 0 Å². The highest BCUT2D eigenvalue weighted by molar-refractivity contribution is 5.95. The number of aliphatic hydroxyl groups excluding tert-OH is 1. The lowest BCUT2D eigenvalue weighted by atomic mass is 9.94. The molecule has 5 nitrogen and oxygen atoms in total. The zero-order valence-electron chi connectivity index (χ0n) is 14.2. The van der Waals surface area contributed by atoms with Crippen LogP contribution in [0.4, 0.5) is 4.39 Å². The predicted octanol–water partition coefficient (Wildman–Crippen LogP) is 1.65. The van der Waals surface area contributed by atoms with E-state index in [1.165, 1.54) is 12.1 Å². The number of carbonyl (C=O) groups excluding carboxylic acids is 2. The Bertz CT molecular complexity index is 773. The number of hydrogen-bond donors (Lipinski definition) is 3. The molecule has 0 radical (unpaired) electrons. The average molecular weight is 356 g/mol. The lowest BCUT2D eigenvalue weighted by Gasteiger charge is -2.21. The normalized spacial score (nSPS) is 15.8. The Morgan fingerprint density at radius 3 is 2.31 bits per heavy atom. The molecule has 0 aliphatic heterocycles. The van der Waals surface area contributed by atoms with Gasteiger partial charge in [0.2, 0.25) is 11.8 Å². The van der Waals surface area contributed by atoms with E-state index in [9.17, 15) is 19.1 Å². The molecular weight excluding hydrogens is 335 g/mol. The second-order valence-electron chi connectivity index (χ2n) is 6.50. The van der Waals surface area contributed by atoms with Gasteiger partial charge in [0.15, 0.2) is 0 Å². The SMILES string of the molecule is O=C(NCc1ccc(F)cc1)C(CO)NC(=O)C1(c2ccccc2)CC1. The molecule has 1 saturated carbocycles. The van der Waals surface area contributed by atoms with Gasteiger partial charge in [0.05, 0.1) is 12.0 Å². The molecule has 2 aromatic carbocycles. The maximum Gasteiger partial charge on any atom is 0.245 e. The van der Waals surface area contributed by atoms with Crippen molar-refractivity contribution in [3.8, 4) is 0 Å². The third-order valence-corrected chi connectivity index (χ3v) is 4.70. The van der Waals surface area contributed by atoms with Crippen LogP contribution in [-0.2, 0) is 21.5 Å². The minimum absolute atomic E-state index is 0.190. The van der Waals surface area contributed by atoms with E-state index in [0.717, 1.165) is 24.0 Å². The molecule has 0 aromatic heterocycles. The molecule has 1 aliphatic carbocycles. The molecule has 26 heavy (non-hydrogen) atoms. The van der Waals surface area contributed by atoms with Gasteiger partial charge >= 0.3 is 0 Å². The maximum absolute atomic E-state index is 12.9. The first-order valence-electron chi connectivity index (χ1n) is 8.55. The van der Waals surface area contributed by atoms with Crippen LogP contribution in [0.2, 0.25) is 0 Å². The van der Waals surface area contributed by atoms with Crippen molar-refractivity contribution in [1.29, 1.82) is 0 Å². The quantitative estimate of drug-likeness (QED) is 0.706. The molecule has 1 atom stereocenters. The Balaban J connectivity index is 1.59. The number of halogens is 1. The lowest BCUT2D eigenvalue weighted by Crippen LogP contribution is -2.51. The van der Waals surface area contributed by atoms with Gasteiger partial charge in [-0.05, 0) is 36.1 Å². The first kappa shape index (κ1) is 18.1. The number of hydrogen-bond acceptors (Lipinski definition) is 3. The van der Waals surface area contributed by atoms with Crippen molar-refractivity contribution >= 4 is 11.8 Å². The fourth-order valence-electron chi connectivity index (χ4n) is 2.93. The summed E-state index contributed by atoms with van der Waals surface area (Å²) in [6.45, 7) is -0.304. The fraction of sp³-hybridized carbons (Fsp3) is 0.300. The summed E-state index contributed by atoms with van der Waals surface area (Å²) in [5.41, 5.74) is 1.04. The van der Waals surface area contributed by atoms with Gasteiger partial charge in [-0.15, -0.1) is 0 Å². The molecule has 0 spiro atoms. The standard InChI is InChI=1S/C20H21FN2O3/c21-16-8-6-14(7-9-16)12-22-18(25)17(13-24)23-19(26)20(10-11-20)15-4-2-1-3-5-15/h1-9,17,24H,10-13H2,(H,22,25)(H,23,26). The minimum atomic E-state index is -1.02. The topological polar surface area (TPSA) is 78.4 Å². The monoisotopic (exact) mass is 356 g/mol. The third-order valence-electron chi connectivity index (χ3n) is 4.70. The zero-order valence-corrected chi connectivity index (χ0v) is 14.2. The zero-order chi connectivity index (χ0) is 18.6. The molecule has 136 valence electrons. The van der Waals surface area contributed by atoms with E-state index < -0.39 is 24.0 Å². The lowest BCUT2D eigenvalue weighted by molar-refractivity contribution is -0.131. The Hall–Kier alpha value is -2.73. The van der Waals surface area contributed by atoms with Gasteiger partial charge < -0.3 is 15.7 Å². The Morgan fingerprint density at radius 2 is 1.73 bits per heavy atom.